The van der Waals surface area contributed by atoms with E-state index in [1.807, 2.05) is 16.7 Å². The van der Waals surface area contributed by atoms with Crippen LogP contribution in [0.2, 0.25) is 0 Å². The van der Waals surface area contributed by atoms with Crippen molar-refractivity contribution in [2.45, 2.75) is 6.42 Å². The molecule has 3 nitrogen and oxygen atoms in total. The van der Waals surface area contributed by atoms with Crippen molar-refractivity contribution in [2.75, 3.05) is 31.4 Å². The summed E-state index contributed by atoms with van der Waals surface area (Å²) in [6, 6.07) is 0. The molecule has 2 heterocycles. The average molecular weight is 187 g/mol. The van der Waals surface area contributed by atoms with Crippen molar-refractivity contribution >= 4 is 17.7 Å². The van der Waals surface area contributed by atoms with E-state index in [0.29, 0.717) is 12.5 Å². The van der Waals surface area contributed by atoms with E-state index in [4.69, 9.17) is 4.74 Å². The van der Waals surface area contributed by atoms with Crippen LogP contribution >= 0.6 is 11.8 Å². The van der Waals surface area contributed by atoms with Crippen molar-refractivity contribution < 1.29 is 9.53 Å². The third-order valence-corrected chi connectivity index (χ3v) is 3.31. The Labute approximate surface area is 76.4 Å². The molecule has 1 amide bonds. The molecular formula is C8H13NO2S. The smallest absolute Gasteiger partial charge is 0.228 e. The summed E-state index contributed by atoms with van der Waals surface area (Å²) in [5.74, 6) is 2.44. The van der Waals surface area contributed by atoms with Gasteiger partial charge in [0.2, 0.25) is 5.91 Å². The van der Waals surface area contributed by atoms with Crippen LogP contribution in [0, 0.1) is 5.92 Å². The van der Waals surface area contributed by atoms with Crippen molar-refractivity contribution in [3.05, 3.63) is 0 Å². The molecule has 0 aliphatic carbocycles. The molecule has 0 bridgehead atoms. The van der Waals surface area contributed by atoms with Gasteiger partial charge in [-0.1, -0.05) is 0 Å². The van der Waals surface area contributed by atoms with E-state index >= 15 is 0 Å². The highest BCUT2D eigenvalue weighted by atomic mass is 32.2. The van der Waals surface area contributed by atoms with Crippen molar-refractivity contribution in [3.8, 4) is 0 Å². The van der Waals surface area contributed by atoms with Crippen molar-refractivity contribution in [3.63, 3.8) is 0 Å². The normalized spacial score (nSPS) is 29.7. The molecule has 0 aromatic heterocycles. The number of rotatable bonds is 1. The standard InChI is InChI=1S/C8H13NO2S/c10-8(7-1-3-11-5-7)9-2-4-12-6-9/h7H,1-6H2. The van der Waals surface area contributed by atoms with Crippen LogP contribution in [-0.2, 0) is 9.53 Å². The summed E-state index contributed by atoms with van der Waals surface area (Å²) in [5, 5.41) is 0. The summed E-state index contributed by atoms with van der Waals surface area (Å²) in [6.45, 7) is 2.33. The van der Waals surface area contributed by atoms with Crippen LogP contribution in [0.3, 0.4) is 0 Å². The first-order valence-corrected chi connectivity index (χ1v) is 5.47. The molecular weight excluding hydrogens is 174 g/mol. The topological polar surface area (TPSA) is 29.5 Å². The zero-order valence-corrected chi connectivity index (χ0v) is 7.81. The lowest BCUT2D eigenvalue weighted by atomic mass is 10.1. The number of hydrogen-bond donors (Lipinski definition) is 0. The highest BCUT2D eigenvalue weighted by Crippen LogP contribution is 2.20. The lowest BCUT2D eigenvalue weighted by molar-refractivity contribution is -0.133. The van der Waals surface area contributed by atoms with Gasteiger partial charge in [-0.25, -0.2) is 0 Å². The van der Waals surface area contributed by atoms with Crippen LogP contribution in [0.25, 0.3) is 0 Å². The summed E-state index contributed by atoms with van der Waals surface area (Å²) >= 11 is 1.83. The molecule has 2 saturated heterocycles. The molecule has 2 fully saturated rings. The predicted octanol–water partition coefficient (Wildman–Crippen LogP) is 0.556. The first kappa shape index (κ1) is 8.38. The van der Waals surface area contributed by atoms with Crippen LogP contribution in [-0.4, -0.2) is 42.2 Å². The molecule has 0 aromatic rings. The largest absolute Gasteiger partial charge is 0.381 e. The second-order valence-electron chi connectivity index (χ2n) is 3.20. The molecule has 12 heavy (non-hydrogen) atoms. The molecule has 0 N–H and O–H groups in total. The van der Waals surface area contributed by atoms with Gasteiger partial charge in [-0.15, -0.1) is 11.8 Å². The minimum Gasteiger partial charge on any atom is -0.381 e. The maximum Gasteiger partial charge on any atom is 0.228 e. The first-order valence-electron chi connectivity index (χ1n) is 4.32. The molecule has 1 atom stereocenters. The van der Waals surface area contributed by atoms with E-state index in [-0.39, 0.29) is 5.92 Å². The molecule has 4 heteroatoms. The number of thioether (sulfide) groups is 1. The highest BCUT2D eigenvalue weighted by molar-refractivity contribution is 7.99. The summed E-state index contributed by atoms with van der Waals surface area (Å²) in [4.78, 5) is 13.6. The fraction of sp³-hybridized carbons (Fsp3) is 0.875. The molecule has 0 spiro atoms. The second kappa shape index (κ2) is 3.66. The Morgan fingerprint density at radius 1 is 1.58 bits per heavy atom. The highest BCUT2D eigenvalue weighted by Gasteiger charge is 2.29. The minimum absolute atomic E-state index is 0.156. The maximum absolute atomic E-state index is 11.7. The fourth-order valence-electron chi connectivity index (χ4n) is 1.58. The molecule has 2 rings (SSSR count). The van der Waals surface area contributed by atoms with Gasteiger partial charge in [-0.2, -0.15) is 0 Å². The quantitative estimate of drug-likeness (QED) is 0.600. The minimum atomic E-state index is 0.156. The van der Waals surface area contributed by atoms with E-state index in [0.717, 1.165) is 31.2 Å². The van der Waals surface area contributed by atoms with Crippen LogP contribution in [0.4, 0.5) is 0 Å². The third kappa shape index (κ3) is 1.59. The molecule has 68 valence electrons. The number of nitrogens with zero attached hydrogens (tertiary/aromatic N) is 1. The van der Waals surface area contributed by atoms with Gasteiger partial charge in [0.25, 0.3) is 0 Å². The Bertz CT molecular complexity index is 156. The Kier molecular flexibility index (Phi) is 2.56. The van der Waals surface area contributed by atoms with E-state index in [1.54, 1.807) is 0 Å². The molecule has 2 aliphatic heterocycles. The van der Waals surface area contributed by atoms with Gasteiger partial charge in [0.05, 0.1) is 18.4 Å². The molecule has 2 aliphatic rings. The molecule has 0 radical (unpaired) electrons. The summed E-state index contributed by atoms with van der Waals surface area (Å²) < 4.78 is 5.18. The number of carbonyl (C=O) groups is 1. The summed E-state index contributed by atoms with van der Waals surface area (Å²) in [6.07, 6.45) is 0.917. The third-order valence-electron chi connectivity index (χ3n) is 2.34. The van der Waals surface area contributed by atoms with E-state index in [1.165, 1.54) is 0 Å². The molecule has 0 saturated carbocycles. The van der Waals surface area contributed by atoms with E-state index in [2.05, 4.69) is 0 Å². The Hall–Kier alpha value is -0.220. The number of hydrogen-bond acceptors (Lipinski definition) is 3. The van der Waals surface area contributed by atoms with Crippen LogP contribution in [0.15, 0.2) is 0 Å². The summed E-state index contributed by atoms with van der Waals surface area (Å²) in [5.41, 5.74) is 0. The second-order valence-corrected chi connectivity index (χ2v) is 4.27. The van der Waals surface area contributed by atoms with Crippen LogP contribution < -0.4 is 0 Å². The van der Waals surface area contributed by atoms with Crippen molar-refractivity contribution in [1.82, 2.24) is 4.90 Å². The Morgan fingerprint density at radius 3 is 3.08 bits per heavy atom. The van der Waals surface area contributed by atoms with Gasteiger partial charge < -0.3 is 9.64 Å². The van der Waals surface area contributed by atoms with Crippen LogP contribution in [0.5, 0.6) is 0 Å². The van der Waals surface area contributed by atoms with Gasteiger partial charge in [0.1, 0.15) is 0 Å². The lowest BCUT2D eigenvalue weighted by Gasteiger charge is -2.17. The Morgan fingerprint density at radius 2 is 2.50 bits per heavy atom. The van der Waals surface area contributed by atoms with Gasteiger partial charge in [-0.05, 0) is 6.42 Å². The number of carbonyl (C=O) groups excluding carboxylic acids is 1. The fourth-order valence-corrected chi connectivity index (χ4v) is 2.53. The summed E-state index contributed by atoms with van der Waals surface area (Å²) in [7, 11) is 0. The van der Waals surface area contributed by atoms with Crippen molar-refractivity contribution in [2.24, 2.45) is 5.92 Å². The maximum atomic E-state index is 11.7. The number of amides is 1. The number of ether oxygens (including phenoxy) is 1. The first-order chi connectivity index (χ1) is 5.88. The van der Waals surface area contributed by atoms with Gasteiger partial charge in [0.15, 0.2) is 0 Å². The van der Waals surface area contributed by atoms with E-state index < -0.39 is 0 Å². The average Bonchev–Trinajstić information content (AvgIpc) is 2.77. The zero-order chi connectivity index (χ0) is 8.39. The molecule has 1 unspecified atom stereocenters. The predicted molar refractivity (Wildman–Crippen MR) is 48.0 cm³/mol. The SMILES string of the molecule is O=C(C1CCOC1)N1CCSC1. The lowest BCUT2D eigenvalue weighted by Crippen LogP contribution is -2.34. The zero-order valence-electron chi connectivity index (χ0n) is 6.99. The van der Waals surface area contributed by atoms with Crippen LogP contribution in [0.1, 0.15) is 6.42 Å². The van der Waals surface area contributed by atoms with Gasteiger partial charge in [0, 0.05) is 18.9 Å². The Balaban J connectivity index is 1.89. The van der Waals surface area contributed by atoms with Crippen molar-refractivity contribution in [1.29, 1.82) is 0 Å². The van der Waals surface area contributed by atoms with E-state index in [9.17, 15) is 4.79 Å². The van der Waals surface area contributed by atoms with Gasteiger partial charge >= 0.3 is 0 Å². The monoisotopic (exact) mass is 187 g/mol. The molecule has 0 aromatic carbocycles. The van der Waals surface area contributed by atoms with Gasteiger partial charge in [-0.3, -0.25) is 4.79 Å².